The van der Waals surface area contributed by atoms with Crippen molar-refractivity contribution in [2.45, 2.75) is 31.9 Å². The molecule has 1 unspecified atom stereocenters. The lowest BCUT2D eigenvalue weighted by molar-refractivity contribution is 0.0598. The fraction of sp³-hybridized carbons (Fsp3) is 0.316. The molecule has 6 heteroatoms. The molecule has 1 amide bonds. The van der Waals surface area contributed by atoms with Crippen molar-refractivity contribution in [1.29, 1.82) is 0 Å². The Bertz CT molecular complexity index is 788. The molecule has 0 radical (unpaired) electrons. The first-order valence-electron chi connectivity index (χ1n) is 8.07. The molecular formula is C19H18F3NO2. The van der Waals surface area contributed by atoms with Crippen molar-refractivity contribution < 1.29 is 23.1 Å². The molecule has 132 valence electrons. The summed E-state index contributed by atoms with van der Waals surface area (Å²) in [5, 5.41) is 10.4. The first kappa shape index (κ1) is 17.5. The second-order valence-corrected chi connectivity index (χ2v) is 6.34. The molecule has 0 saturated heterocycles. The van der Waals surface area contributed by atoms with Crippen molar-refractivity contribution in [3.05, 3.63) is 70.5 Å². The summed E-state index contributed by atoms with van der Waals surface area (Å²) in [5.74, 6) is -2.63. The maximum Gasteiger partial charge on any atom is 0.257 e. The normalized spacial score (nSPS) is 15.1. The number of carbonyl (C=O) groups excluding carboxylic acids is 1. The van der Waals surface area contributed by atoms with E-state index in [-0.39, 0.29) is 23.7 Å². The van der Waals surface area contributed by atoms with Gasteiger partial charge in [0.15, 0.2) is 0 Å². The number of aliphatic hydroxyl groups excluding tert-OH is 1. The minimum Gasteiger partial charge on any atom is -0.387 e. The Kier molecular flexibility index (Phi) is 4.81. The summed E-state index contributed by atoms with van der Waals surface area (Å²) >= 11 is 0. The zero-order chi connectivity index (χ0) is 18.1. The fourth-order valence-electron chi connectivity index (χ4n) is 2.74. The van der Waals surface area contributed by atoms with Gasteiger partial charge in [-0.1, -0.05) is 12.1 Å². The van der Waals surface area contributed by atoms with Crippen LogP contribution in [-0.4, -0.2) is 28.5 Å². The van der Waals surface area contributed by atoms with Crippen molar-refractivity contribution in [3.8, 4) is 0 Å². The summed E-state index contributed by atoms with van der Waals surface area (Å²) in [7, 11) is 0. The van der Waals surface area contributed by atoms with E-state index in [1.54, 1.807) is 0 Å². The predicted octanol–water partition coefficient (Wildman–Crippen LogP) is 3.75. The van der Waals surface area contributed by atoms with E-state index in [2.05, 4.69) is 0 Å². The van der Waals surface area contributed by atoms with E-state index in [9.17, 15) is 23.1 Å². The summed E-state index contributed by atoms with van der Waals surface area (Å²) in [6, 6.07) is 7.15. The minimum absolute atomic E-state index is 0.0367. The van der Waals surface area contributed by atoms with Crippen LogP contribution in [-0.2, 0) is 0 Å². The molecule has 0 bridgehead atoms. The quantitative estimate of drug-likeness (QED) is 0.893. The molecule has 0 aromatic heterocycles. The third-order valence-electron chi connectivity index (χ3n) is 4.35. The van der Waals surface area contributed by atoms with Crippen LogP contribution in [0.3, 0.4) is 0 Å². The van der Waals surface area contributed by atoms with Gasteiger partial charge in [-0.2, -0.15) is 0 Å². The molecule has 1 N–H and O–H groups in total. The molecule has 3 rings (SSSR count). The van der Waals surface area contributed by atoms with Crippen LogP contribution in [0.5, 0.6) is 0 Å². The van der Waals surface area contributed by atoms with E-state index in [1.165, 1.54) is 42.2 Å². The molecule has 0 spiro atoms. The number of nitrogens with zero attached hydrogens (tertiary/aromatic N) is 1. The fourth-order valence-corrected chi connectivity index (χ4v) is 2.74. The highest BCUT2D eigenvalue weighted by Crippen LogP contribution is 2.31. The van der Waals surface area contributed by atoms with Gasteiger partial charge < -0.3 is 10.0 Å². The van der Waals surface area contributed by atoms with E-state index in [0.717, 1.165) is 12.8 Å². The topological polar surface area (TPSA) is 40.5 Å². The Labute approximate surface area is 143 Å². The van der Waals surface area contributed by atoms with Crippen LogP contribution >= 0.6 is 0 Å². The van der Waals surface area contributed by atoms with Crippen LogP contribution in [0.2, 0.25) is 0 Å². The monoisotopic (exact) mass is 349 g/mol. The highest BCUT2D eigenvalue weighted by molar-refractivity contribution is 5.95. The van der Waals surface area contributed by atoms with Crippen molar-refractivity contribution in [2.24, 2.45) is 0 Å². The lowest BCUT2D eigenvalue weighted by Crippen LogP contribution is -2.37. The number of halogens is 3. The van der Waals surface area contributed by atoms with Crippen LogP contribution < -0.4 is 0 Å². The Balaban J connectivity index is 1.83. The van der Waals surface area contributed by atoms with E-state index >= 15 is 0 Å². The third kappa shape index (κ3) is 3.85. The Morgan fingerprint density at radius 2 is 1.80 bits per heavy atom. The average molecular weight is 349 g/mol. The molecular weight excluding hydrogens is 331 g/mol. The highest BCUT2D eigenvalue weighted by Gasteiger charge is 2.35. The molecule has 2 aromatic carbocycles. The zero-order valence-electron chi connectivity index (χ0n) is 13.7. The molecule has 1 fully saturated rings. The minimum atomic E-state index is -1.02. The van der Waals surface area contributed by atoms with Gasteiger partial charge in [-0.3, -0.25) is 4.79 Å². The highest BCUT2D eigenvalue weighted by atomic mass is 19.1. The molecule has 0 heterocycles. The van der Waals surface area contributed by atoms with Crippen molar-refractivity contribution in [3.63, 3.8) is 0 Å². The van der Waals surface area contributed by atoms with Gasteiger partial charge in [0.05, 0.1) is 18.2 Å². The Morgan fingerprint density at radius 1 is 1.16 bits per heavy atom. The molecule has 25 heavy (non-hydrogen) atoms. The van der Waals surface area contributed by atoms with Gasteiger partial charge in [0, 0.05) is 12.1 Å². The van der Waals surface area contributed by atoms with Gasteiger partial charge in [0.1, 0.15) is 17.5 Å². The molecule has 2 aromatic rings. The lowest BCUT2D eigenvalue weighted by Gasteiger charge is -2.26. The SMILES string of the molecule is Cc1cc(C(=O)N(CC(O)c2ccc(F)cc2)C2CC2)c(F)cc1F. The number of rotatable bonds is 5. The second kappa shape index (κ2) is 6.88. The second-order valence-electron chi connectivity index (χ2n) is 6.34. The number of benzene rings is 2. The van der Waals surface area contributed by atoms with Crippen LogP contribution in [0.25, 0.3) is 0 Å². The van der Waals surface area contributed by atoms with Gasteiger partial charge in [-0.25, -0.2) is 13.2 Å². The number of aliphatic hydroxyl groups is 1. The van der Waals surface area contributed by atoms with Gasteiger partial charge in [0.2, 0.25) is 0 Å². The number of hydrogen-bond donors (Lipinski definition) is 1. The van der Waals surface area contributed by atoms with Crippen LogP contribution in [0.15, 0.2) is 36.4 Å². The van der Waals surface area contributed by atoms with Crippen molar-refractivity contribution in [1.82, 2.24) is 4.90 Å². The molecule has 1 aliphatic rings. The van der Waals surface area contributed by atoms with E-state index in [4.69, 9.17) is 0 Å². The molecule has 0 aliphatic heterocycles. The van der Waals surface area contributed by atoms with Crippen LogP contribution in [0, 0.1) is 24.4 Å². The summed E-state index contributed by atoms with van der Waals surface area (Å²) < 4.78 is 40.5. The van der Waals surface area contributed by atoms with Crippen LogP contribution in [0.1, 0.15) is 40.4 Å². The number of aryl methyl sites for hydroxylation is 1. The third-order valence-corrected chi connectivity index (χ3v) is 4.35. The van der Waals surface area contributed by atoms with E-state index < -0.39 is 29.5 Å². The average Bonchev–Trinajstić information content (AvgIpc) is 3.40. The molecule has 1 aliphatic carbocycles. The Hall–Kier alpha value is -2.34. The smallest absolute Gasteiger partial charge is 0.257 e. The predicted molar refractivity (Wildman–Crippen MR) is 86.5 cm³/mol. The molecule has 1 saturated carbocycles. The van der Waals surface area contributed by atoms with Gasteiger partial charge in [-0.05, 0) is 49.1 Å². The number of hydrogen-bond acceptors (Lipinski definition) is 2. The van der Waals surface area contributed by atoms with Crippen molar-refractivity contribution in [2.75, 3.05) is 6.54 Å². The van der Waals surface area contributed by atoms with Gasteiger partial charge >= 0.3 is 0 Å². The maximum atomic E-state index is 14.0. The standard InChI is InChI=1S/C19H18F3NO2/c1-11-8-15(17(22)9-16(11)21)19(25)23(14-6-7-14)10-18(24)12-2-4-13(20)5-3-12/h2-5,8-9,14,18,24H,6-7,10H2,1H3. The van der Waals surface area contributed by atoms with Crippen LogP contribution in [0.4, 0.5) is 13.2 Å². The maximum absolute atomic E-state index is 14.0. The summed E-state index contributed by atoms with van der Waals surface area (Å²) in [6.07, 6.45) is 0.516. The zero-order valence-corrected chi connectivity index (χ0v) is 13.7. The van der Waals surface area contributed by atoms with E-state index in [1.807, 2.05) is 0 Å². The van der Waals surface area contributed by atoms with Gasteiger partial charge in [-0.15, -0.1) is 0 Å². The van der Waals surface area contributed by atoms with Gasteiger partial charge in [0.25, 0.3) is 5.91 Å². The first-order valence-corrected chi connectivity index (χ1v) is 8.07. The summed E-state index contributed by atoms with van der Waals surface area (Å²) in [5.41, 5.74) is 0.437. The Morgan fingerprint density at radius 3 is 2.40 bits per heavy atom. The summed E-state index contributed by atoms with van der Waals surface area (Å²) in [6.45, 7) is 1.42. The van der Waals surface area contributed by atoms with Crippen molar-refractivity contribution >= 4 is 5.91 Å². The lowest BCUT2D eigenvalue weighted by atomic mass is 10.1. The largest absolute Gasteiger partial charge is 0.387 e. The van der Waals surface area contributed by atoms with E-state index in [0.29, 0.717) is 11.6 Å². The molecule has 3 nitrogen and oxygen atoms in total. The number of carbonyl (C=O) groups is 1. The summed E-state index contributed by atoms with van der Waals surface area (Å²) in [4.78, 5) is 14.1. The number of amides is 1. The molecule has 1 atom stereocenters. The first-order chi connectivity index (χ1) is 11.9.